The van der Waals surface area contributed by atoms with Crippen LogP contribution in [0.4, 0.5) is 10.1 Å². The second-order valence-corrected chi connectivity index (χ2v) is 6.24. The predicted octanol–water partition coefficient (Wildman–Crippen LogP) is 1.53. The number of rotatable bonds is 4. The molecule has 24 heavy (non-hydrogen) atoms. The zero-order valence-corrected chi connectivity index (χ0v) is 13.3. The number of likely N-dealkylation sites (tertiary alicyclic amines) is 1. The molecule has 1 atom stereocenters. The standard InChI is InChI=1S/C16H20FN3O4/c17-13-1-2-15(20(22)23)14(9-13)16(21)19-4-3-12(11-19)10-18-5-7-24-8-6-18/h1-2,9,12H,3-8,10-11H2/t12-/m0/s1. The van der Waals surface area contributed by atoms with Gasteiger partial charge in [-0.25, -0.2) is 4.39 Å². The second kappa shape index (κ2) is 7.23. The molecule has 0 N–H and O–H groups in total. The lowest BCUT2D eigenvalue weighted by atomic mass is 10.1. The smallest absolute Gasteiger partial charge is 0.282 e. The normalized spacial score (nSPS) is 21.9. The minimum atomic E-state index is -0.645. The van der Waals surface area contributed by atoms with E-state index in [1.54, 1.807) is 4.90 Å². The largest absolute Gasteiger partial charge is 0.379 e. The number of hydrogen-bond donors (Lipinski definition) is 0. The molecule has 2 heterocycles. The third-order valence-corrected chi connectivity index (χ3v) is 4.58. The van der Waals surface area contributed by atoms with E-state index in [1.807, 2.05) is 0 Å². The van der Waals surface area contributed by atoms with Gasteiger partial charge in [-0.15, -0.1) is 0 Å². The molecule has 0 saturated carbocycles. The van der Waals surface area contributed by atoms with Crippen LogP contribution in [0.25, 0.3) is 0 Å². The van der Waals surface area contributed by atoms with Crippen LogP contribution in [0.15, 0.2) is 18.2 Å². The van der Waals surface area contributed by atoms with E-state index < -0.39 is 16.6 Å². The van der Waals surface area contributed by atoms with Gasteiger partial charge in [-0.1, -0.05) is 0 Å². The van der Waals surface area contributed by atoms with Crippen LogP contribution in [-0.2, 0) is 4.74 Å². The van der Waals surface area contributed by atoms with E-state index in [-0.39, 0.29) is 11.3 Å². The van der Waals surface area contributed by atoms with Gasteiger partial charge in [0.15, 0.2) is 0 Å². The lowest BCUT2D eigenvalue weighted by molar-refractivity contribution is -0.385. The SMILES string of the molecule is O=C(c1cc(F)ccc1[N+](=O)[O-])N1CC[C@@H](CN2CCOCC2)C1. The summed E-state index contributed by atoms with van der Waals surface area (Å²) in [6, 6.07) is 3.00. The maximum Gasteiger partial charge on any atom is 0.282 e. The molecule has 3 rings (SSSR count). The Hall–Kier alpha value is -2.06. The van der Waals surface area contributed by atoms with E-state index in [4.69, 9.17) is 4.74 Å². The van der Waals surface area contributed by atoms with Crippen LogP contribution < -0.4 is 0 Å². The maximum atomic E-state index is 13.4. The molecule has 2 aliphatic rings. The molecule has 1 aromatic carbocycles. The fraction of sp³-hybridized carbons (Fsp3) is 0.562. The van der Waals surface area contributed by atoms with Crippen molar-refractivity contribution >= 4 is 11.6 Å². The summed E-state index contributed by atoms with van der Waals surface area (Å²) in [6.45, 7) is 5.21. The van der Waals surface area contributed by atoms with Gasteiger partial charge in [0.25, 0.3) is 11.6 Å². The van der Waals surface area contributed by atoms with Crippen molar-refractivity contribution in [1.82, 2.24) is 9.80 Å². The Morgan fingerprint density at radius 1 is 1.33 bits per heavy atom. The third-order valence-electron chi connectivity index (χ3n) is 4.58. The van der Waals surface area contributed by atoms with Crippen molar-refractivity contribution < 1.29 is 18.8 Å². The first-order valence-electron chi connectivity index (χ1n) is 8.08. The molecular weight excluding hydrogens is 317 g/mol. The molecule has 130 valence electrons. The summed E-state index contributed by atoms with van der Waals surface area (Å²) in [5.41, 5.74) is -0.523. The molecule has 0 bridgehead atoms. The first-order valence-corrected chi connectivity index (χ1v) is 8.08. The van der Waals surface area contributed by atoms with E-state index in [0.29, 0.717) is 19.0 Å². The van der Waals surface area contributed by atoms with Crippen molar-refractivity contribution in [3.63, 3.8) is 0 Å². The average molecular weight is 337 g/mol. The van der Waals surface area contributed by atoms with Crippen molar-refractivity contribution in [2.45, 2.75) is 6.42 Å². The van der Waals surface area contributed by atoms with Gasteiger partial charge in [-0.05, 0) is 24.5 Å². The maximum absolute atomic E-state index is 13.4. The highest BCUT2D eigenvalue weighted by Crippen LogP contribution is 2.25. The van der Waals surface area contributed by atoms with Crippen molar-refractivity contribution in [2.24, 2.45) is 5.92 Å². The van der Waals surface area contributed by atoms with Gasteiger partial charge < -0.3 is 9.64 Å². The number of benzene rings is 1. The summed E-state index contributed by atoms with van der Waals surface area (Å²) in [5, 5.41) is 11.1. The highest BCUT2D eigenvalue weighted by Gasteiger charge is 2.32. The van der Waals surface area contributed by atoms with E-state index in [0.717, 1.165) is 57.5 Å². The lowest BCUT2D eigenvalue weighted by Gasteiger charge is -2.29. The topological polar surface area (TPSA) is 75.9 Å². The molecule has 8 heteroatoms. The van der Waals surface area contributed by atoms with Gasteiger partial charge in [-0.2, -0.15) is 0 Å². The Kier molecular flexibility index (Phi) is 5.06. The Balaban J connectivity index is 1.66. The van der Waals surface area contributed by atoms with Crippen LogP contribution in [0.2, 0.25) is 0 Å². The number of nitro benzene ring substituents is 1. The molecule has 0 unspecified atom stereocenters. The molecule has 2 aliphatic heterocycles. The number of carbonyl (C=O) groups excluding carboxylic acids is 1. The van der Waals surface area contributed by atoms with Crippen LogP contribution in [-0.4, -0.2) is 66.6 Å². The predicted molar refractivity (Wildman–Crippen MR) is 84.3 cm³/mol. The Bertz CT molecular complexity index is 634. The minimum absolute atomic E-state index is 0.174. The number of halogens is 1. The van der Waals surface area contributed by atoms with Gasteiger partial charge in [-0.3, -0.25) is 19.8 Å². The van der Waals surface area contributed by atoms with Gasteiger partial charge in [0, 0.05) is 38.8 Å². The summed E-state index contributed by atoms with van der Waals surface area (Å²) in [6.07, 6.45) is 0.853. The molecule has 1 aromatic rings. The number of carbonyl (C=O) groups is 1. The highest BCUT2D eigenvalue weighted by atomic mass is 19.1. The van der Waals surface area contributed by atoms with Crippen molar-refractivity contribution in [1.29, 1.82) is 0 Å². The van der Waals surface area contributed by atoms with Crippen LogP contribution >= 0.6 is 0 Å². The van der Waals surface area contributed by atoms with Crippen LogP contribution in [0.3, 0.4) is 0 Å². The molecule has 0 spiro atoms. The van der Waals surface area contributed by atoms with E-state index in [2.05, 4.69) is 4.90 Å². The number of ether oxygens (including phenoxy) is 1. The zero-order valence-electron chi connectivity index (χ0n) is 13.3. The molecule has 7 nitrogen and oxygen atoms in total. The fourth-order valence-electron chi connectivity index (χ4n) is 3.32. The average Bonchev–Trinajstić information content (AvgIpc) is 3.03. The van der Waals surface area contributed by atoms with Crippen LogP contribution in [0.1, 0.15) is 16.8 Å². The Morgan fingerprint density at radius 2 is 2.08 bits per heavy atom. The Labute approximate surface area is 139 Å². The van der Waals surface area contributed by atoms with Crippen molar-refractivity contribution in [3.05, 3.63) is 39.7 Å². The van der Waals surface area contributed by atoms with Crippen molar-refractivity contribution in [3.8, 4) is 0 Å². The van der Waals surface area contributed by atoms with Crippen LogP contribution in [0.5, 0.6) is 0 Å². The molecule has 0 radical (unpaired) electrons. The first-order chi connectivity index (χ1) is 11.5. The van der Waals surface area contributed by atoms with Gasteiger partial charge >= 0.3 is 0 Å². The summed E-state index contributed by atoms with van der Waals surface area (Å²) in [4.78, 5) is 26.9. The van der Waals surface area contributed by atoms with Gasteiger partial charge in [0.2, 0.25) is 0 Å². The second-order valence-electron chi connectivity index (χ2n) is 6.24. The number of hydrogen-bond acceptors (Lipinski definition) is 5. The molecular formula is C16H20FN3O4. The highest BCUT2D eigenvalue weighted by molar-refractivity contribution is 5.98. The van der Waals surface area contributed by atoms with Crippen molar-refractivity contribution in [2.75, 3.05) is 45.9 Å². The molecule has 1 amide bonds. The monoisotopic (exact) mass is 337 g/mol. The number of morpholine rings is 1. The van der Waals surface area contributed by atoms with E-state index >= 15 is 0 Å². The summed E-state index contributed by atoms with van der Waals surface area (Å²) in [7, 11) is 0. The summed E-state index contributed by atoms with van der Waals surface area (Å²) >= 11 is 0. The molecule has 2 saturated heterocycles. The zero-order chi connectivity index (χ0) is 17.1. The number of amides is 1. The minimum Gasteiger partial charge on any atom is -0.379 e. The fourth-order valence-corrected chi connectivity index (χ4v) is 3.32. The summed E-state index contributed by atoms with van der Waals surface area (Å²) in [5.74, 6) is -0.779. The van der Waals surface area contributed by atoms with Gasteiger partial charge in [0.05, 0.1) is 18.1 Å². The number of nitrogens with zero attached hydrogens (tertiary/aromatic N) is 3. The molecule has 0 aromatic heterocycles. The lowest BCUT2D eigenvalue weighted by Crippen LogP contribution is -2.40. The number of nitro groups is 1. The first kappa shape index (κ1) is 16.8. The molecule has 2 fully saturated rings. The Morgan fingerprint density at radius 3 is 2.79 bits per heavy atom. The quantitative estimate of drug-likeness (QED) is 0.615. The van der Waals surface area contributed by atoms with E-state index in [9.17, 15) is 19.3 Å². The van der Waals surface area contributed by atoms with Crippen LogP contribution in [0, 0.1) is 21.8 Å². The third kappa shape index (κ3) is 3.70. The summed E-state index contributed by atoms with van der Waals surface area (Å²) < 4.78 is 18.8. The molecule has 0 aliphatic carbocycles. The van der Waals surface area contributed by atoms with Gasteiger partial charge in [0.1, 0.15) is 11.4 Å². The van der Waals surface area contributed by atoms with E-state index in [1.165, 1.54) is 0 Å².